The second kappa shape index (κ2) is 9.09. The molecule has 164 valence electrons. The van der Waals surface area contributed by atoms with Gasteiger partial charge in [0.1, 0.15) is 0 Å². The largest absolute Gasteiger partial charge is 0.322 e. The average Bonchev–Trinajstić information content (AvgIpc) is 3.33. The van der Waals surface area contributed by atoms with Crippen LogP contribution in [0.5, 0.6) is 0 Å². The summed E-state index contributed by atoms with van der Waals surface area (Å²) in [6, 6.07) is 17.2. The molecule has 32 heavy (non-hydrogen) atoms. The van der Waals surface area contributed by atoms with E-state index >= 15 is 0 Å². The smallest absolute Gasteiger partial charge is 0.255 e. The summed E-state index contributed by atoms with van der Waals surface area (Å²) < 4.78 is 0. The number of anilines is 2. The molecular weight excluding hydrogens is 400 g/mol. The van der Waals surface area contributed by atoms with Crippen LogP contribution in [0.1, 0.15) is 48.2 Å². The molecule has 0 unspecified atom stereocenters. The van der Waals surface area contributed by atoms with Crippen LogP contribution in [0.15, 0.2) is 54.6 Å². The summed E-state index contributed by atoms with van der Waals surface area (Å²) in [4.78, 5) is 33.9. The maximum Gasteiger partial charge on any atom is 0.255 e. The van der Waals surface area contributed by atoms with Crippen LogP contribution >= 0.6 is 0 Å². The predicted molar refractivity (Wildman–Crippen MR) is 127 cm³/mol. The molecule has 2 aliphatic heterocycles. The Morgan fingerprint density at radius 3 is 2.47 bits per heavy atom. The van der Waals surface area contributed by atoms with Gasteiger partial charge in [0.25, 0.3) is 5.91 Å². The highest BCUT2D eigenvalue weighted by Crippen LogP contribution is 2.23. The first-order chi connectivity index (χ1) is 15.7. The van der Waals surface area contributed by atoms with E-state index in [0.717, 1.165) is 67.0 Å². The number of pyridine rings is 1. The minimum absolute atomic E-state index is 0.154. The Morgan fingerprint density at radius 1 is 0.906 bits per heavy atom. The van der Waals surface area contributed by atoms with E-state index in [0.29, 0.717) is 12.0 Å². The zero-order valence-electron chi connectivity index (χ0n) is 18.2. The maximum atomic E-state index is 12.7. The van der Waals surface area contributed by atoms with Crippen LogP contribution in [0.3, 0.4) is 0 Å². The fourth-order valence-electron chi connectivity index (χ4n) is 4.58. The third kappa shape index (κ3) is 4.50. The molecule has 2 aliphatic rings. The van der Waals surface area contributed by atoms with Crippen molar-refractivity contribution in [3.05, 3.63) is 65.9 Å². The molecule has 0 saturated carbocycles. The Labute approximate surface area is 188 Å². The summed E-state index contributed by atoms with van der Waals surface area (Å²) in [6.07, 6.45) is 5.12. The molecule has 5 rings (SSSR count). The van der Waals surface area contributed by atoms with E-state index in [4.69, 9.17) is 4.98 Å². The van der Waals surface area contributed by atoms with Crippen molar-refractivity contribution >= 4 is 34.1 Å². The normalized spacial score (nSPS) is 17.1. The minimum Gasteiger partial charge on any atom is -0.322 e. The van der Waals surface area contributed by atoms with Gasteiger partial charge < -0.3 is 10.2 Å². The summed E-state index contributed by atoms with van der Waals surface area (Å²) in [5.74, 6) is -0.0127. The van der Waals surface area contributed by atoms with Gasteiger partial charge in [0.15, 0.2) is 0 Å². The number of hydrogen-bond donors (Lipinski definition) is 1. The maximum absolute atomic E-state index is 12.7. The topological polar surface area (TPSA) is 65.5 Å². The predicted octanol–water partition coefficient (Wildman–Crippen LogP) is 4.60. The lowest BCUT2D eigenvalue weighted by atomic mass is 10.1. The van der Waals surface area contributed by atoms with E-state index in [9.17, 15) is 9.59 Å². The van der Waals surface area contributed by atoms with Gasteiger partial charge in [0, 0.05) is 41.8 Å². The molecule has 3 heterocycles. The van der Waals surface area contributed by atoms with Gasteiger partial charge in [-0.3, -0.25) is 19.5 Å². The van der Waals surface area contributed by atoms with E-state index in [1.54, 1.807) is 17.0 Å². The Kier molecular flexibility index (Phi) is 5.86. The average molecular weight is 429 g/mol. The van der Waals surface area contributed by atoms with Crippen LogP contribution in [-0.2, 0) is 11.3 Å². The molecule has 2 saturated heterocycles. The monoisotopic (exact) mass is 428 g/mol. The van der Waals surface area contributed by atoms with Crippen LogP contribution in [-0.4, -0.2) is 41.3 Å². The van der Waals surface area contributed by atoms with E-state index in [-0.39, 0.29) is 11.8 Å². The van der Waals surface area contributed by atoms with E-state index in [1.165, 1.54) is 12.8 Å². The van der Waals surface area contributed by atoms with Crippen molar-refractivity contribution in [2.45, 2.75) is 38.6 Å². The molecule has 0 bridgehead atoms. The summed E-state index contributed by atoms with van der Waals surface area (Å²) in [5, 5.41) is 3.98. The second-order valence-corrected chi connectivity index (χ2v) is 8.70. The van der Waals surface area contributed by atoms with Gasteiger partial charge in [-0.15, -0.1) is 0 Å². The number of carbonyl (C=O) groups excluding carboxylic acids is 2. The quantitative estimate of drug-likeness (QED) is 0.645. The number of likely N-dealkylation sites (tertiary alicyclic amines) is 1. The lowest BCUT2D eigenvalue weighted by Crippen LogP contribution is -2.35. The second-order valence-electron chi connectivity index (χ2n) is 8.70. The standard InChI is InChI=1S/C26H28N4O2/c31-25-5-1-2-16-30(25)23-11-7-19(8-12-23)26(32)28-21-10-13-24-20(17-21)6-9-22(27-24)18-29-14-3-4-15-29/h6-13,17H,1-5,14-16,18H2,(H,28,32). The zero-order chi connectivity index (χ0) is 21.9. The molecule has 6 heteroatoms. The summed E-state index contributed by atoms with van der Waals surface area (Å²) in [6.45, 7) is 3.95. The summed E-state index contributed by atoms with van der Waals surface area (Å²) in [7, 11) is 0. The van der Waals surface area contributed by atoms with Crippen LogP contribution in [0.2, 0.25) is 0 Å². The van der Waals surface area contributed by atoms with Gasteiger partial charge in [-0.2, -0.15) is 0 Å². The summed E-state index contributed by atoms with van der Waals surface area (Å²) in [5.41, 5.74) is 4.19. The van der Waals surface area contributed by atoms with E-state index in [1.807, 2.05) is 30.3 Å². The lowest BCUT2D eigenvalue weighted by molar-refractivity contribution is -0.119. The van der Waals surface area contributed by atoms with E-state index in [2.05, 4.69) is 22.3 Å². The van der Waals surface area contributed by atoms with Crippen molar-refractivity contribution in [2.75, 3.05) is 29.9 Å². The van der Waals surface area contributed by atoms with Gasteiger partial charge in [-0.05, 0) is 87.3 Å². The molecule has 0 radical (unpaired) electrons. The van der Waals surface area contributed by atoms with Gasteiger partial charge >= 0.3 is 0 Å². The zero-order valence-corrected chi connectivity index (χ0v) is 18.2. The molecule has 1 aromatic heterocycles. The first kappa shape index (κ1) is 20.6. The molecule has 2 fully saturated rings. The fourth-order valence-corrected chi connectivity index (χ4v) is 4.58. The first-order valence-electron chi connectivity index (χ1n) is 11.5. The highest BCUT2D eigenvalue weighted by Gasteiger charge is 2.20. The molecule has 1 N–H and O–H groups in total. The van der Waals surface area contributed by atoms with Crippen molar-refractivity contribution < 1.29 is 9.59 Å². The van der Waals surface area contributed by atoms with Crippen molar-refractivity contribution in [3.8, 4) is 0 Å². The van der Waals surface area contributed by atoms with Crippen molar-refractivity contribution in [2.24, 2.45) is 0 Å². The molecule has 6 nitrogen and oxygen atoms in total. The molecule has 3 aromatic rings. The molecule has 2 aromatic carbocycles. The van der Waals surface area contributed by atoms with Gasteiger partial charge in [0.05, 0.1) is 11.2 Å². The fraction of sp³-hybridized carbons (Fsp3) is 0.346. The van der Waals surface area contributed by atoms with Gasteiger partial charge in [-0.1, -0.05) is 6.07 Å². The molecule has 0 spiro atoms. The van der Waals surface area contributed by atoms with Crippen LogP contribution < -0.4 is 10.2 Å². The Balaban J connectivity index is 1.26. The Bertz CT molecular complexity index is 1140. The Morgan fingerprint density at radius 2 is 1.69 bits per heavy atom. The van der Waals surface area contributed by atoms with Crippen molar-refractivity contribution in [1.29, 1.82) is 0 Å². The SMILES string of the molecule is O=C(Nc1ccc2nc(CN3CCCC3)ccc2c1)c1ccc(N2CCCCC2=O)cc1. The number of aromatic nitrogens is 1. The number of fused-ring (bicyclic) bond motifs is 1. The summed E-state index contributed by atoms with van der Waals surface area (Å²) >= 11 is 0. The third-order valence-electron chi connectivity index (χ3n) is 6.35. The number of hydrogen-bond acceptors (Lipinski definition) is 4. The number of nitrogens with one attached hydrogen (secondary N) is 1. The molecule has 0 aliphatic carbocycles. The van der Waals surface area contributed by atoms with Crippen LogP contribution in [0.25, 0.3) is 10.9 Å². The highest BCUT2D eigenvalue weighted by atomic mass is 16.2. The highest BCUT2D eigenvalue weighted by molar-refractivity contribution is 6.05. The Hall–Kier alpha value is -3.25. The molecular formula is C26H28N4O2. The number of rotatable bonds is 5. The van der Waals surface area contributed by atoms with Crippen molar-refractivity contribution in [1.82, 2.24) is 9.88 Å². The van der Waals surface area contributed by atoms with Crippen LogP contribution in [0, 0.1) is 0 Å². The van der Waals surface area contributed by atoms with Crippen LogP contribution in [0.4, 0.5) is 11.4 Å². The third-order valence-corrected chi connectivity index (χ3v) is 6.35. The number of carbonyl (C=O) groups is 2. The number of benzene rings is 2. The lowest BCUT2D eigenvalue weighted by Gasteiger charge is -2.26. The molecule has 0 atom stereocenters. The van der Waals surface area contributed by atoms with Crippen molar-refractivity contribution in [3.63, 3.8) is 0 Å². The molecule has 2 amide bonds. The van der Waals surface area contributed by atoms with Gasteiger partial charge in [0.2, 0.25) is 5.91 Å². The van der Waals surface area contributed by atoms with E-state index < -0.39 is 0 Å². The first-order valence-corrected chi connectivity index (χ1v) is 11.5. The van der Waals surface area contributed by atoms with Gasteiger partial charge in [-0.25, -0.2) is 0 Å². The number of piperidine rings is 1. The number of nitrogens with zero attached hydrogens (tertiary/aromatic N) is 3. The number of amides is 2. The minimum atomic E-state index is -0.167.